The van der Waals surface area contributed by atoms with Crippen LogP contribution in [0.1, 0.15) is 18.4 Å². The topological polar surface area (TPSA) is 55.0 Å². The molecular weight excluding hydrogens is 236 g/mol. The number of nitrogens with zero attached hydrogens (tertiary/aromatic N) is 3. The van der Waals surface area contributed by atoms with E-state index in [4.69, 9.17) is 5.73 Å². The van der Waals surface area contributed by atoms with Crippen molar-refractivity contribution in [2.45, 2.75) is 25.4 Å². The van der Waals surface area contributed by atoms with Gasteiger partial charge in [0.25, 0.3) is 0 Å². The maximum Gasteiger partial charge on any atom is 0.225 e. The van der Waals surface area contributed by atoms with Crippen molar-refractivity contribution in [3.8, 4) is 11.3 Å². The van der Waals surface area contributed by atoms with Crippen LogP contribution in [-0.2, 0) is 6.54 Å². The summed E-state index contributed by atoms with van der Waals surface area (Å²) >= 11 is 0. The highest BCUT2D eigenvalue weighted by atomic mass is 15.3. The van der Waals surface area contributed by atoms with E-state index in [1.54, 1.807) is 0 Å². The van der Waals surface area contributed by atoms with Gasteiger partial charge in [-0.05, 0) is 24.5 Å². The van der Waals surface area contributed by atoms with E-state index in [2.05, 4.69) is 34.0 Å². The predicted octanol–water partition coefficient (Wildman–Crippen LogP) is 2.20. The first-order valence-electron chi connectivity index (χ1n) is 6.63. The van der Waals surface area contributed by atoms with Crippen molar-refractivity contribution in [1.29, 1.82) is 0 Å². The van der Waals surface area contributed by atoms with Gasteiger partial charge < -0.3 is 10.6 Å². The third-order valence-electron chi connectivity index (χ3n) is 3.54. The molecule has 2 aromatic rings. The first kappa shape index (κ1) is 12.1. The summed E-state index contributed by atoms with van der Waals surface area (Å²) in [7, 11) is 2.06. The van der Waals surface area contributed by atoms with Gasteiger partial charge in [-0.3, -0.25) is 0 Å². The summed E-state index contributed by atoms with van der Waals surface area (Å²) in [5, 5.41) is 0. The molecule has 4 nitrogen and oxygen atoms in total. The van der Waals surface area contributed by atoms with E-state index in [1.807, 2.05) is 24.4 Å². The summed E-state index contributed by atoms with van der Waals surface area (Å²) in [5.41, 5.74) is 8.80. The lowest BCUT2D eigenvalue weighted by Gasteiger charge is -2.16. The molecule has 98 valence electrons. The van der Waals surface area contributed by atoms with Gasteiger partial charge in [0.15, 0.2) is 0 Å². The molecule has 1 aromatic carbocycles. The third-order valence-corrected chi connectivity index (χ3v) is 3.54. The van der Waals surface area contributed by atoms with Crippen LogP contribution < -0.4 is 10.6 Å². The van der Waals surface area contributed by atoms with E-state index >= 15 is 0 Å². The maximum absolute atomic E-state index is 5.61. The molecule has 2 N–H and O–H groups in total. The summed E-state index contributed by atoms with van der Waals surface area (Å²) < 4.78 is 0. The molecule has 3 rings (SSSR count). The molecule has 4 heteroatoms. The SMILES string of the molecule is CN(c1nccc(-c2ccc(CN)cc2)n1)C1CC1. The Hall–Kier alpha value is -1.94. The standard InChI is InChI=1S/C15H18N4/c1-19(13-6-7-13)15-17-9-8-14(18-15)12-4-2-11(10-16)3-5-12/h2-5,8-9,13H,6-7,10,16H2,1H3. The highest BCUT2D eigenvalue weighted by Gasteiger charge is 2.27. The van der Waals surface area contributed by atoms with Crippen LogP contribution in [0.3, 0.4) is 0 Å². The Bertz CT molecular complexity index is 561. The maximum atomic E-state index is 5.61. The monoisotopic (exact) mass is 254 g/mol. The minimum Gasteiger partial charge on any atom is -0.341 e. The first-order valence-corrected chi connectivity index (χ1v) is 6.63. The van der Waals surface area contributed by atoms with Crippen LogP contribution in [0.25, 0.3) is 11.3 Å². The average Bonchev–Trinajstić information content (AvgIpc) is 3.31. The molecule has 1 saturated carbocycles. The molecule has 0 aliphatic heterocycles. The highest BCUT2D eigenvalue weighted by Crippen LogP contribution is 2.29. The van der Waals surface area contributed by atoms with Gasteiger partial charge in [-0.25, -0.2) is 9.97 Å². The van der Waals surface area contributed by atoms with Crippen molar-refractivity contribution in [2.24, 2.45) is 5.73 Å². The summed E-state index contributed by atoms with van der Waals surface area (Å²) in [4.78, 5) is 11.2. The molecule has 0 atom stereocenters. The van der Waals surface area contributed by atoms with Crippen LogP contribution in [-0.4, -0.2) is 23.1 Å². The number of hydrogen-bond acceptors (Lipinski definition) is 4. The summed E-state index contributed by atoms with van der Waals surface area (Å²) in [6.45, 7) is 0.569. The zero-order valence-corrected chi connectivity index (χ0v) is 11.1. The quantitative estimate of drug-likeness (QED) is 0.908. The molecule has 1 heterocycles. The molecule has 1 aromatic heterocycles. The second kappa shape index (κ2) is 4.97. The Morgan fingerprint density at radius 2 is 1.95 bits per heavy atom. The zero-order chi connectivity index (χ0) is 13.2. The van der Waals surface area contributed by atoms with E-state index < -0.39 is 0 Å². The zero-order valence-electron chi connectivity index (χ0n) is 11.1. The molecular formula is C15H18N4. The number of rotatable bonds is 4. The minimum atomic E-state index is 0.569. The fraction of sp³-hybridized carbons (Fsp3) is 0.333. The number of aromatic nitrogens is 2. The largest absolute Gasteiger partial charge is 0.341 e. The van der Waals surface area contributed by atoms with E-state index in [0.29, 0.717) is 12.6 Å². The van der Waals surface area contributed by atoms with E-state index in [9.17, 15) is 0 Å². The van der Waals surface area contributed by atoms with Gasteiger partial charge in [0, 0.05) is 31.4 Å². The van der Waals surface area contributed by atoms with Crippen molar-refractivity contribution >= 4 is 5.95 Å². The molecule has 0 unspecified atom stereocenters. The molecule has 0 saturated heterocycles. The Balaban J connectivity index is 1.88. The van der Waals surface area contributed by atoms with Crippen LogP contribution in [0.5, 0.6) is 0 Å². The Labute approximate surface area is 113 Å². The molecule has 1 aliphatic carbocycles. The average molecular weight is 254 g/mol. The van der Waals surface area contributed by atoms with Gasteiger partial charge >= 0.3 is 0 Å². The Kier molecular flexibility index (Phi) is 3.17. The van der Waals surface area contributed by atoms with Crippen LogP contribution in [0.2, 0.25) is 0 Å². The van der Waals surface area contributed by atoms with Crippen LogP contribution >= 0.6 is 0 Å². The van der Waals surface area contributed by atoms with Crippen molar-refractivity contribution in [1.82, 2.24) is 9.97 Å². The van der Waals surface area contributed by atoms with Gasteiger partial charge in [-0.1, -0.05) is 24.3 Å². The van der Waals surface area contributed by atoms with Crippen LogP contribution in [0.15, 0.2) is 36.5 Å². The Morgan fingerprint density at radius 3 is 2.58 bits per heavy atom. The molecule has 19 heavy (non-hydrogen) atoms. The van der Waals surface area contributed by atoms with Crippen molar-refractivity contribution < 1.29 is 0 Å². The molecule has 1 aliphatic rings. The smallest absolute Gasteiger partial charge is 0.225 e. The van der Waals surface area contributed by atoms with E-state index in [1.165, 1.54) is 12.8 Å². The number of anilines is 1. The van der Waals surface area contributed by atoms with Crippen molar-refractivity contribution in [3.05, 3.63) is 42.1 Å². The first-order chi connectivity index (χ1) is 9.28. The number of nitrogens with two attached hydrogens (primary N) is 1. The van der Waals surface area contributed by atoms with Gasteiger partial charge in [-0.15, -0.1) is 0 Å². The molecule has 0 amide bonds. The van der Waals surface area contributed by atoms with Gasteiger partial charge in [-0.2, -0.15) is 0 Å². The van der Waals surface area contributed by atoms with Crippen molar-refractivity contribution in [3.63, 3.8) is 0 Å². The summed E-state index contributed by atoms with van der Waals surface area (Å²) in [6, 6.07) is 10.8. The lowest BCUT2D eigenvalue weighted by atomic mass is 10.1. The summed E-state index contributed by atoms with van der Waals surface area (Å²) in [6.07, 6.45) is 4.32. The lowest BCUT2D eigenvalue weighted by molar-refractivity contribution is 0.862. The fourth-order valence-corrected chi connectivity index (χ4v) is 2.12. The van der Waals surface area contributed by atoms with Gasteiger partial charge in [0.1, 0.15) is 0 Å². The molecule has 0 radical (unpaired) electrons. The molecule has 0 spiro atoms. The number of benzene rings is 1. The van der Waals surface area contributed by atoms with Crippen LogP contribution in [0.4, 0.5) is 5.95 Å². The van der Waals surface area contributed by atoms with Crippen molar-refractivity contribution in [2.75, 3.05) is 11.9 Å². The lowest BCUT2D eigenvalue weighted by Crippen LogP contribution is -2.21. The number of hydrogen-bond donors (Lipinski definition) is 1. The van der Waals surface area contributed by atoms with Gasteiger partial charge in [0.2, 0.25) is 5.95 Å². The second-order valence-electron chi connectivity index (χ2n) is 4.99. The highest BCUT2D eigenvalue weighted by molar-refractivity contribution is 5.60. The minimum absolute atomic E-state index is 0.569. The van der Waals surface area contributed by atoms with E-state index in [0.717, 1.165) is 22.8 Å². The van der Waals surface area contributed by atoms with E-state index in [-0.39, 0.29) is 0 Å². The second-order valence-corrected chi connectivity index (χ2v) is 4.99. The third kappa shape index (κ3) is 2.58. The van der Waals surface area contributed by atoms with Crippen LogP contribution in [0, 0.1) is 0 Å². The normalized spacial score (nSPS) is 14.4. The predicted molar refractivity (Wildman–Crippen MR) is 76.8 cm³/mol. The molecule has 0 bridgehead atoms. The fourth-order valence-electron chi connectivity index (χ4n) is 2.12. The Morgan fingerprint density at radius 1 is 1.21 bits per heavy atom. The van der Waals surface area contributed by atoms with Gasteiger partial charge in [0.05, 0.1) is 5.69 Å². The molecule has 1 fully saturated rings. The summed E-state index contributed by atoms with van der Waals surface area (Å²) in [5.74, 6) is 0.808.